The van der Waals surface area contributed by atoms with E-state index in [0.29, 0.717) is 10.8 Å². The Labute approximate surface area is 139 Å². The SMILES string of the molecule is Clc1cccc2nc(-c3ccccc3)nc(-c3ccccc3)c12. The van der Waals surface area contributed by atoms with Crippen molar-refractivity contribution >= 4 is 22.5 Å². The number of benzene rings is 3. The number of fused-ring (bicyclic) bond motifs is 1. The number of halogens is 1. The van der Waals surface area contributed by atoms with Crippen LogP contribution in [0, 0.1) is 0 Å². The van der Waals surface area contributed by atoms with Gasteiger partial charge in [-0.25, -0.2) is 9.97 Å². The molecule has 0 radical (unpaired) electrons. The fourth-order valence-electron chi connectivity index (χ4n) is 2.66. The van der Waals surface area contributed by atoms with Gasteiger partial charge < -0.3 is 0 Å². The lowest BCUT2D eigenvalue weighted by molar-refractivity contribution is 1.23. The van der Waals surface area contributed by atoms with Crippen molar-refractivity contribution in [2.24, 2.45) is 0 Å². The molecule has 0 spiro atoms. The molecule has 0 aliphatic carbocycles. The standard InChI is InChI=1S/C20H13ClN2/c21-16-12-7-13-17-18(16)19(14-8-3-1-4-9-14)23-20(22-17)15-10-5-2-6-11-15/h1-13H. The van der Waals surface area contributed by atoms with Gasteiger partial charge in [0.2, 0.25) is 0 Å². The molecule has 2 nitrogen and oxygen atoms in total. The third-order valence-electron chi connectivity index (χ3n) is 3.75. The molecule has 0 unspecified atom stereocenters. The summed E-state index contributed by atoms with van der Waals surface area (Å²) in [7, 11) is 0. The second-order valence-electron chi connectivity index (χ2n) is 5.26. The molecule has 4 aromatic rings. The molecule has 4 rings (SSSR count). The van der Waals surface area contributed by atoms with Gasteiger partial charge in [-0.3, -0.25) is 0 Å². The third kappa shape index (κ3) is 2.58. The average molecular weight is 317 g/mol. The number of aromatic nitrogens is 2. The van der Waals surface area contributed by atoms with E-state index >= 15 is 0 Å². The maximum absolute atomic E-state index is 6.43. The molecule has 3 heteroatoms. The first-order chi connectivity index (χ1) is 11.3. The lowest BCUT2D eigenvalue weighted by Gasteiger charge is -2.10. The van der Waals surface area contributed by atoms with E-state index in [4.69, 9.17) is 21.6 Å². The van der Waals surface area contributed by atoms with Gasteiger partial charge in [-0.15, -0.1) is 0 Å². The van der Waals surface area contributed by atoms with Crippen molar-refractivity contribution in [1.82, 2.24) is 9.97 Å². The molecule has 23 heavy (non-hydrogen) atoms. The van der Waals surface area contributed by atoms with Crippen molar-refractivity contribution in [2.75, 3.05) is 0 Å². The Kier molecular flexibility index (Phi) is 3.52. The second-order valence-corrected chi connectivity index (χ2v) is 5.67. The van der Waals surface area contributed by atoms with Crippen molar-refractivity contribution in [3.63, 3.8) is 0 Å². The van der Waals surface area contributed by atoms with Crippen LogP contribution in [0.25, 0.3) is 33.5 Å². The van der Waals surface area contributed by atoms with Crippen molar-refractivity contribution < 1.29 is 0 Å². The molecule has 0 saturated heterocycles. The van der Waals surface area contributed by atoms with Gasteiger partial charge in [-0.05, 0) is 12.1 Å². The summed E-state index contributed by atoms with van der Waals surface area (Å²) in [5, 5.41) is 1.56. The molecule has 110 valence electrons. The minimum atomic E-state index is 0.668. The summed E-state index contributed by atoms with van der Waals surface area (Å²) >= 11 is 6.43. The van der Waals surface area contributed by atoms with Gasteiger partial charge in [-0.1, -0.05) is 78.3 Å². The van der Waals surface area contributed by atoms with E-state index in [2.05, 4.69) is 0 Å². The Morgan fingerprint density at radius 3 is 1.96 bits per heavy atom. The molecule has 0 N–H and O–H groups in total. The topological polar surface area (TPSA) is 25.8 Å². The van der Waals surface area contributed by atoms with Gasteiger partial charge in [0, 0.05) is 16.5 Å². The van der Waals surface area contributed by atoms with E-state index in [0.717, 1.165) is 27.7 Å². The van der Waals surface area contributed by atoms with Gasteiger partial charge in [0.1, 0.15) is 0 Å². The van der Waals surface area contributed by atoms with Crippen LogP contribution in [0.4, 0.5) is 0 Å². The van der Waals surface area contributed by atoms with Gasteiger partial charge in [0.05, 0.1) is 16.2 Å². The monoisotopic (exact) mass is 316 g/mol. The van der Waals surface area contributed by atoms with Crippen LogP contribution in [0.2, 0.25) is 5.02 Å². The van der Waals surface area contributed by atoms with E-state index in [-0.39, 0.29) is 0 Å². The first-order valence-electron chi connectivity index (χ1n) is 7.40. The summed E-state index contributed by atoms with van der Waals surface area (Å²) in [4.78, 5) is 9.50. The lowest BCUT2D eigenvalue weighted by Crippen LogP contribution is -1.95. The van der Waals surface area contributed by atoms with E-state index in [9.17, 15) is 0 Å². The van der Waals surface area contributed by atoms with Crippen LogP contribution in [0.15, 0.2) is 78.9 Å². The molecule has 0 amide bonds. The molecular weight excluding hydrogens is 304 g/mol. The molecule has 0 atom stereocenters. The molecular formula is C20H13ClN2. The number of hydrogen-bond donors (Lipinski definition) is 0. The normalized spacial score (nSPS) is 10.8. The minimum Gasteiger partial charge on any atom is -0.228 e. The zero-order valence-corrected chi connectivity index (χ0v) is 13.0. The summed E-state index contributed by atoms with van der Waals surface area (Å²) in [6.07, 6.45) is 0. The fraction of sp³-hybridized carbons (Fsp3) is 0. The van der Waals surface area contributed by atoms with E-state index in [1.54, 1.807) is 0 Å². The number of nitrogens with zero attached hydrogens (tertiary/aromatic N) is 2. The largest absolute Gasteiger partial charge is 0.228 e. The molecule has 1 heterocycles. The highest BCUT2D eigenvalue weighted by atomic mass is 35.5. The van der Waals surface area contributed by atoms with Crippen molar-refractivity contribution in [3.05, 3.63) is 83.9 Å². The smallest absolute Gasteiger partial charge is 0.160 e. The zero-order valence-electron chi connectivity index (χ0n) is 12.3. The van der Waals surface area contributed by atoms with Gasteiger partial charge >= 0.3 is 0 Å². The Morgan fingerprint density at radius 1 is 0.609 bits per heavy atom. The van der Waals surface area contributed by atoms with Crippen LogP contribution in [0.3, 0.4) is 0 Å². The second kappa shape index (κ2) is 5.82. The highest BCUT2D eigenvalue weighted by Crippen LogP contribution is 2.33. The fourth-order valence-corrected chi connectivity index (χ4v) is 2.92. The highest BCUT2D eigenvalue weighted by Gasteiger charge is 2.13. The van der Waals surface area contributed by atoms with Crippen molar-refractivity contribution in [2.45, 2.75) is 0 Å². The zero-order chi connectivity index (χ0) is 15.6. The van der Waals surface area contributed by atoms with Crippen molar-refractivity contribution in [3.8, 4) is 22.6 Å². The van der Waals surface area contributed by atoms with E-state index < -0.39 is 0 Å². The predicted molar refractivity (Wildman–Crippen MR) is 95.4 cm³/mol. The van der Waals surface area contributed by atoms with E-state index in [1.165, 1.54) is 0 Å². The number of rotatable bonds is 2. The molecule has 0 fully saturated rings. The average Bonchev–Trinajstić information content (AvgIpc) is 2.62. The summed E-state index contributed by atoms with van der Waals surface area (Å²) in [5.74, 6) is 0.708. The van der Waals surface area contributed by atoms with Crippen LogP contribution in [-0.4, -0.2) is 9.97 Å². The van der Waals surface area contributed by atoms with Crippen LogP contribution in [0.5, 0.6) is 0 Å². The number of hydrogen-bond acceptors (Lipinski definition) is 2. The minimum absolute atomic E-state index is 0.668. The maximum Gasteiger partial charge on any atom is 0.160 e. The molecule has 0 saturated carbocycles. The van der Waals surface area contributed by atoms with Gasteiger partial charge in [0.15, 0.2) is 5.82 Å². The van der Waals surface area contributed by atoms with Crippen LogP contribution >= 0.6 is 11.6 Å². The quantitative estimate of drug-likeness (QED) is 0.480. The Hall–Kier alpha value is -2.71. The Bertz CT molecular complexity index is 967. The third-order valence-corrected chi connectivity index (χ3v) is 4.07. The van der Waals surface area contributed by atoms with Gasteiger partial charge in [-0.2, -0.15) is 0 Å². The van der Waals surface area contributed by atoms with Crippen molar-refractivity contribution in [1.29, 1.82) is 0 Å². The molecule has 0 bridgehead atoms. The van der Waals surface area contributed by atoms with Gasteiger partial charge in [0.25, 0.3) is 0 Å². The summed E-state index contributed by atoms with van der Waals surface area (Å²) in [6, 6.07) is 25.8. The lowest BCUT2D eigenvalue weighted by atomic mass is 10.1. The summed E-state index contributed by atoms with van der Waals surface area (Å²) < 4.78 is 0. The van der Waals surface area contributed by atoms with E-state index in [1.807, 2.05) is 78.9 Å². The highest BCUT2D eigenvalue weighted by molar-refractivity contribution is 6.36. The Morgan fingerprint density at radius 2 is 1.26 bits per heavy atom. The summed E-state index contributed by atoms with van der Waals surface area (Å²) in [5.41, 5.74) is 3.74. The maximum atomic E-state index is 6.43. The summed E-state index contributed by atoms with van der Waals surface area (Å²) in [6.45, 7) is 0. The molecule has 0 aliphatic rings. The predicted octanol–water partition coefficient (Wildman–Crippen LogP) is 5.62. The molecule has 1 aromatic heterocycles. The van der Waals surface area contributed by atoms with Crippen LogP contribution in [0.1, 0.15) is 0 Å². The Balaban J connectivity index is 2.06. The molecule has 3 aromatic carbocycles. The van der Waals surface area contributed by atoms with Crippen LogP contribution in [-0.2, 0) is 0 Å². The molecule has 0 aliphatic heterocycles. The first-order valence-corrected chi connectivity index (χ1v) is 7.78. The first kappa shape index (κ1) is 13.9. The van der Waals surface area contributed by atoms with Crippen LogP contribution < -0.4 is 0 Å².